The largest absolute Gasteiger partial charge is 0.344 e. The summed E-state index contributed by atoms with van der Waals surface area (Å²) >= 11 is 0. The summed E-state index contributed by atoms with van der Waals surface area (Å²) in [5, 5.41) is 2.26. The topological polar surface area (TPSA) is 63.2 Å². The number of carbonyl (C=O) groups is 1. The van der Waals surface area contributed by atoms with E-state index in [4.69, 9.17) is 0 Å². The Morgan fingerprint density at radius 1 is 1.62 bits per heavy atom. The van der Waals surface area contributed by atoms with Crippen molar-refractivity contribution in [2.24, 2.45) is 0 Å². The lowest BCUT2D eigenvalue weighted by molar-refractivity contribution is 0.114. The van der Waals surface area contributed by atoms with Crippen molar-refractivity contribution in [2.45, 2.75) is 0 Å². The van der Waals surface area contributed by atoms with Gasteiger partial charge in [0.25, 0.3) is 0 Å². The van der Waals surface area contributed by atoms with Crippen molar-refractivity contribution in [3.63, 3.8) is 0 Å². The van der Waals surface area contributed by atoms with Crippen LogP contribution in [0.5, 0.6) is 0 Å². The van der Waals surface area contributed by atoms with Crippen molar-refractivity contribution in [3.05, 3.63) is 24.1 Å². The number of amides is 2. The molecule has 1 aromatic heterocycles. The molecular weight excluding hydrogens is 177 g/mol. The van der Waals surface area contributed by atoms with Crippen LogP contribution in [0, 0.1) is 5.95 Å². The number of urea groups is 1. The number of pyridine rings is 1. The van der Waals surface area contributed by atoms with E-state index in [-0.39, 0.29) is 5.82 Å². The number of carbonyl (C=O) groups excluding carboxylic acids is 1. The van der Waals surface area contributed by atoms with Gasteiger partial charge in [-0.25, -0.2) is 15.3 Å². The molecule has 0 aliphatic heterocycles. The molecule has 1 aromatic rings. The van der Waals surface area contributed by atoms with E-state index in [2.05, 4.69) is 15.1 Å². The van der Waals surface area contributed by atoms with Gasteiger partial charge in [0.1, 0.15) is 5.82 Å². The second-order valence-corrected chi connectivity index (χ2v) is 2.11. The first-order valence-electron chi connectivity index (χ1n) is 3.45. The molecule has 0 bridgehead atoms. The molecule has 0 fully saturated rings. The van der Waals surface area contributed by atoms with E-state index in [1.807, 2.05) is 5.48 Å². The van der Waals surface area contributed by atoms with Gasteiger partial charge in [-0.2, -0.15) is 4.39 Å². The zero-order valence-electron chi connectivity index (χ0n) is 6.87. The Bertz CT molecular complexity index is 306. The van der Waals surface area contributed by atoms with Gasteiger partial charge in [0.15, 0.2) is 0 Å². The molecular formula is C7H8FN3O2. The first kappa shape index (κ1) is 9.40. The molecule has 13 heavy (non-hydrogen) atoms. The molecule has 2 amide bonds. The summed E-state index contributed by atoms with van der Waals surface area (Å²) in [6, 6.07) is 3.46. The van der Waals surface area contributed by atoms with Crippen molar-refractivity contribution in [1.82, 2.24) is 10.5 Å². The number of nitrogens with one attached hydrogen (secondary N) is 2. The zero-order chi connectivity index (χ0) is 9.68. The molecule has 0 aliphatic carbocycles. The number of aromatic nitrogens is 1. The van der Waals surface area contributed by atoms with E-state index in [1.165, 1.54) is 25.3 Å². The molecule has 2 N–H and O–H groups in total. The molecule has 0 aliphatic rings. The van der Waals surface area contributed by atoms with Crippen molar-refractivity contribution in [1.29, 1.82) is 0 Å². The molecule has 70 valence electrons. The third-order valence-electron chi connectivity index (χ3n) is 1.15. The van der Waals surface area contributed by atoms with Crippen LogP contribution in [0.25, 0.3) is 0 Å². The SMILES string of the molecule is CONC(=O)Nc1cccc(F)n1. The monoisotopic (exact) mass is 185 g/mol. The summed E-state index contributed by atoms with van der Waals surface area (Å²) in [6.07, 6.45) is 0. The second kappa shape index (κ2) is 4.36. The minimum absolute atomic E-state index is 0.120. The normalized spacial score (nSPS) is 9.38. The van der Waals surface area contributed by atoms with Crippen LogP contribution in [0.3, 0.4) is 0 Å². The maximum absolute atomic E-state index is 12.5. The standard InChI is InChI=1S/C7H8FN3O2/c1-13-11-7(12)10-6-4-2-3-5(8)9-6/h2-4H,1H3,(H2,9,10,11,12). The van der Waals surface area contributed by atoms with Crippen LogP contribution in [0.2, 0.25) is 0 Å². The van der Waals surface area contributed by atoms with Gasteiger partial charge in [0.05, 0.1) is 7.11 Å². The molecule has 0 radical (unpaired) electrons. The Hall–Kier alpha value is -1.69. The average molecular weight is 185 g/mol. The number of halogens is 1. The third-order valence-corrected chi connectivity index (χ3v) is 1.15. The van der Waals surface area contributed by atoms with Crippen LogP contribution < -0.4 is 10.8 Å². The van der Waals surface area contributed by atoms with Crippen LogP contribution in [-0.2, 0) is 4.84 Å². The van der Waals surface area contributed by atoms with Gasteiger partial charge in [-0.05, 0) is 12.1 Å². The minimum atomic E-state index is -0.657. The fourth-order valence-electron chi connectivity index (χ4n) is 0.712. The van der Waals surface area contributed by atoms with E-state index in [9.17, 15) is 9.18 Å². The van der Waals surface area contributed by atoms with E-state index < -0.39 is 12.0 Å². The van der Waals surface area contributed by atoms with Gasteiger partial charge in [0, 0.05) is 0 Å². The predicted molar refractivity (Wildman–Crippen MR) is 43.4 cm³/mol. The number of nitrogens with zero attached hydrogens (tertiary/aromatic N) is 1. The number of hydrogen-bond acceptors (Lipinski definition) is 3. The molecule has 0 spiro atoms. The van der Waals surface area contributed by atoms with Gasteiger partial charge in [-0.1, -0.05) is 6.07 Å². The van der Waals surface area contributed by atoms with Gasteiger partial charge < -0.3 is 0 Å². The molecule has 0 unspecified atom stereocenters. The van der Waals surface area contributed by atoms with Gasteiger partial charge in [-0.15, -0.1) is 0 Å². The van der Waals surface area contributed by atoms with Crippen LogP contribution in [0.15, 0.2) is 18.2 Å². The first-order chi connectivity index (χ1) is 6.22. The van der Waals surface area contributed by atoms with Crippen molar-refractivity contribution >= 4 is 11.8 Å². The summed E-state index contributed by atoms with van der Waals surface area (Å²) in [5.41, 5.74) is 2.00. The quantitative estimate of drug-likeness (QED) is 0.531. The van der Waals surface area contributed by atoms with Crippen molar-refractivity contribution in [2.75, 3.05) is 12.4 Å². The maximum atomic E-state index is 12.5. The highest BCUT2D eigenvalue weighted by molar-refractivity contribution is 5.87. The number of hydroxylamine groups is 1. The van der Waals surface area contributed by atoms with Gasteiger partial charge in [-0.3, -0.25) is 10.2 Å². The van der Waals surface area contributed by atoms with Crippen molar-refractivity contribution in [3.8, 4) is 0 Å². The molecule has 6 heteroatoms. The number of rotatable bonds is 2. The Labute approximate surface area is 73.9 Å². The number of anilines is 1. The van der Waals surface area contributed by atoms with Crippen molar-refractivity contribution < 1.29 is 14.0 Å². The fourth-order valence-corrected chi connectivity index (χ4v) is 0.712. The minimum Gasteiger partial charge on any atom is -0.290 e. The van der Waals surface area contributed by atoms with E-state index >= 15 is 0 Å². The Balaban J connectivity index is 2.58. The van der Waals surface area contributed by atoms with Crippen LogP contribution in [0.1, 0.15) is 0 Å². The van der Waals surface area contributed by atoms with Gasteiger partial charge >= 0.3 is 6.03 Å². The second-order valence-electron chi connectivity index (χ2n) is 2.11. The molecule has 5 nitrogen and oxygen atoms in total. The Morgan fingerprint density at radius 3 is 3.00 bits per heavy atom. The summed E-state index contributed by atoms with van der Waals surface area (Å²) in [6.45, 7) is 0. The summed E-state index contributed by atoms with van der Waals surface area (Å²) in [7, 11) is 1.29. The zero-order valence-corrected chi connectivity index (χ0v) is 6.87. The summed E-state index contributed by atoms with van der Waals surface area (Å²) in [5.74, 6) is -0.537. The van der Waals surface area contributed by atoms with Crippen LogP contribution in [-0.4, -0.2) is 18.1 Å². The van der Waals surface area contributed by atoms with Crippen LogP contribution in [0.4, 0.5) is 15.0 Å². The van der Waals surface area contributed by atoms with Crippen LogP contribution >= 0.6 is 0 Å². The molecule has 0 saturated heterocycles. The third kappa shape index (κ3) is 3.04. The number of hydrogen-bond donors (Lipinski definition) is 2. The first-order valence-corrected chi connectivity index (χ1v) is 3.45. The molecule has 0 saturated carbocycles. The predicted octanol–water partition coefficient (Wildman–Crippen LogP) is 0.904. The maximum Gasteiger partial charge on any atom is 0.344 e. The Kier molecular flexibility index (Phi) is 3.15. The molecule has 1 heterocycles. The lowest BCUT2D eigenvalue weighted by Gasteiger charge is -2.03. The molecule has 0 atom stereocenters. The lowest BCUT2D eigenvalue weighted by Crippen LogP contribution is -2.27. The smallest absolute Gasteiger partial charge is 0.290 e. The highest BCUT2D eigenvalue weighted by Crippen LogP contribution is 2.02. The van der Waals surface area contributed by atoms with E-state index in [0.717, 1.165) is 0 Å². The van der Waals surface area contributed by atoms with E-state index in [1.54, 1.807) is 0 Å². The lowest BCUT2D eigenvalue weighted by atomic mass is 10.4. The fraction of sp³-hybridized carbons (Fsp3) is 0.143. The Morgan fingerprint density at radius 2 is 2.38 bits per heavy atom. The summed E-state index contributed by atoms with van der Waals surface area (Å²) < 4.78 is 12.5. The summed E-state index contributed by atoms with van der Waals surface area (Å²) in [4.78, 5) is 18.5. The molecule has 0 aromatic carbocycles. The average Bonchev–Trinajstić information content (AvgIpc) is 2.04. The van der Waals surface area contributed by atoms with E-state index in [0.29, 0.717) is 0 Å². The highest BCUT2D eigenvalue weighted by atomic mass is 19.1. The molecule has 1 rings (SSSR count). The highest BCUT2D eigenvalue weighted by Gasteiger charge is 2.01. The van der Waals surface area contributed by atoms with Gasteiger partial charge in [0.2, 0.25) is 5.95 Å².